The molecule has 0 fully saturated rings. The van der Waals surface area contributed by atoms with Gasteiger partial charge in [-0.2, -0.15) is 0 Å². The first-order chi connectivity index (χ1) is 12.6. The van der Waals surface area contributed by atoms with Crippen molar-refractivity contribution in [3.05, 3.63) is 77.9 Å². The smallest absolute Gasteiger partial charge is 0.248 e. The Morgan fingerprint density at radius 3 is 2.69 bits per heavy atom. The third-order valence-corrected chi connectivity index (χ3v) is 3.67. The molecular formula is C20H24N4O2. The number of ether oxygens (including phenoxy) is 1. The van der Waals surface area contributed by atoms with Crippen LogP contribution in [-0.2, 0) is 13.1 Å². The number of benzene rings is 2. The lowest BCUT2D eigenvalue weighted by atomic mass is 10.1. The molecule has 0 aliphatic carbocycles. The molecule has 2 aromatic rings. The van der Waals surface area contributed by atoms with E-state index in [0.717, 1.165) is 16.9 Å². The molecule has 0 radical (unpaired) electrons. The number of hydrogen-bond acceptors (Lipinski definition) is 3. The zero-order valence-corrected chi connectivity index (χ0v) is 14.9. The first kappa shape index (κ1) is 19.1. The molecule has 0 saturated heterocycles. The standard InChI is InChI=1S/C20H24N4O2/c1-3-11-26-18-10-5-4-8-17(18)14-24-20(22-2)23-13-15-7-6-9-16(12-15)19(21)25/h3-10,12H,1,11,13-14H2,2H3,(H2,21,25)(H2,22,23,24). The van der Waals surface area contributed by atoms with E-state index in [-0.39, 0.29) is 0 Å². The van der Waals surface area contributed by atoms with E-state index < -0.39 is 5.91 Å². The molecule has 0 saturated carbocycles. The van der Waals surface area contributed by atoms with Crippen LogP contribution in [0.3, 0.4) is 0 Å². The van der Waals surface area contributed by atoms with E-state index in [1.54, 1.807) is 31.3 Å². The number of nitrogens with one attached hydrogen (secondary N) is 2. The van der Waals surface area contributed by atoms with Crippen molar-refractivity contribution in [1.82, 2.24) is 10.6 Å². The number of amides is 1. The Kier molecular flexibility index (Phi) is 7.24. The molecule has 4 N–H and O–H groups in total. The second-order valence-corrected chi connectivity index (χ2v) is 5.55. The van der Waals surface area contributed by atoms with Crippen molar-refractivity contribution in [1.29, 1.82) is 0 Å². The lowest BCUT2D eigenvalue weighted by Crippen LogP contribution is -2.36. The molecular weight excluding hydrogens is 328 g/mol. The van der Waals surface area contributed by atoms with Gasteiger partial charge in [-0.05, 0) is 23.8 Å². The highest BCUT2D eigenvalue weighted by Gasteiger charge is 2.05. The third kappa shape index (κ3) is 5.66. The number of guanidine groups is 1. The molecule has 6 nitrogen and oxygen atoms in total. The molecule has 0 unspecified atom stereocenters. The zero-order chi connectivity index (χ0) is 18.8. The Hall–Kier alpha value is -3.28. The Bertz CT molecular complexity index is 787. The van der Waals surface area contributed by atoms with Gasteiger partial charge in [-0.15, -0.1) is 0 Å². The molecule has 2 rings (SSSR count). The maximum atomic E-state index is 11.3. The minimum Gasteiger partial charge on any atom is -0.489 e. The maximum absolute atomic E-state index is 11.3. The second kappa shape index (κ2) is 9.88. The van der Waals surface area contributed by atoms with Crippen molar-refractivity contribution in [2.24, 2.45) is 10.7 Å². The fourth-order valence-corrected chi connectivity index (χ4v) is 2.36. The van der Waals surface area contributed by atoms with Crippen LogP contribution in [0, 0.1) is 0 Å². The molecule has 136 valence electrons. The van der Waals surface area contributed by atoms with Gasteiger partial charge in [0.2, 0.25) is 5.91 Å². The summed E-state index contributed by atoms with van der Waals surface area (Å²) in [6, 6.07) is 15.0. The summed E-state index contributed by atoms with van der Waals surface area (Å²) in [6.45, 7) is 5.21. The average Bonchev–Trinajstić information content (AvgIpc) is 2.67. The molecule has 6 heteroatoms. The number of nitrogens with zero attached hydrogens (tertiary/aromatic N) is 1. The Morgan fingerprint density at radius 1 is 1.19 bits per heavy atom. The van der Waals surface area contributed by atoms with Gasteiger partial charge in [-0.25, -0.2) is 0 Å². The van der Waals surface area contributed by atoms with Gasteiger partial charge in [0.05, 0.1) is 0 Å². The molecule has 2 aromatic carbocycles. The number of para-hydroxylation sites is 1. The average molecular weight is 352 g/mol. The zero-order valence-electron chi connectivity index (χ0n) is 14.9. The Labute approximate surface area is 153 Å². The maximum Gasteiger partial charge on any atom is 0.248 e. The fourth-order valence-electron chi connectivity index (χ4n) is 2.36. The first-order valence-corrected chi connectivity index (χ1v) is 8.29. The SMILES string of the molecule is C=CCOc1ccccc1CNC(=NC)NCc1cccc(C(N)=O)c1. The van der Waals surface area contributed by atoms with Crippen LogP contribution < -0.4 is 21.1 Å². The number of carbonyl (C=O) groups excluding carboxylic acids is 1. The number of hydrogen-bond donors (Lipinski definition) is 3. The van der Waals surface area contributed by atoms with Gasteiger partial charge in [0.25, 0.3) is 0 Å². The number of carbonyl (C=O) groups is 1. The minimum absolute atomic E-state index is 0.439. The molecule has 26 heavy (non-hydrogen) atoms. The van der Waals surface area contributed by atoms with Crippen molar-refractivity contribution in [3.8, 4) is 5.75 Å². The van der Waals surface area contributed by atoms with E-state index in [2.05, 4.69) is 22.2 Å². The summed E-state index contributed by atoms with van der Waals surface area (Å²) in [5.74, 6) is 1.02. The van der Waals surface area contributed by atoms with Crippen molar-refractivity contribution in [2.45, 2.75) is 13.1 Å². The number of aliphatic imine (C=N–C) groups is 1. The Balaban J connectivity index is 1.93. The number of rotatable bonds is 8. The summed E-state index contributed by atoms with van der Waals surface area (Å²) in [5.41, 5.74) is 7.76. The highest BCUT2D eigenvalue weighted by atomic mass is 16.5. The van der Waals surface area contributed by atoms with E-state index in [0.29, 0.717) is 31.2 Å². The molecule has 0 aliphatic heterocycles. The largest absolute Gasteiger partial charge is 0.489 e. The molecule has 0 aliphatic rings. The van der Waals surface area contributed by atoms with Gasteiger partial charge in [0.1, 0.15) is 12.4 Å². The lowest BCUT2D eigenvalue weighted by Gasteiger charge is -2.14. The first-order valence-electron chi connectivity index (χ1n) is 8.29. The van der Waals surface area contributed by atoms with Gasteiger partial charge in [-0.1, -0.05) is 43.0 Å². The van der Waals surface area contributed by atoms with E-state index in [1.165, 1.54) is 0 Å². The number of primary amides is 1. The molecule has 0 aromatic heterocycles. The molecule has 1 amide bonds. The summed E-state index contributed by atoms with van der Waals surface area (Å²) in [6.07, 6.45) is 1.71. The van der Waals surface area contributed by atoms with Crippen LogP contribution in [0.2, 0.25) is 0 Å². The summed E-state index contributed by atoms with van der Waals surface area (Å²) >= 11 is 0. The van der Waals surface area contributed by atoms with Crippen molar-refractivity contribution >= 4 is 11.9 Å². The highest BCUT2D eigenvalue weighted by Crippen LogP contribution is 2.17. The van der Waals surface area contributed by atoms with Crippen LogP contribution in [0.15, 0.2) is 66.2 Å². The van der Waals surface area contributed by atoms with Crippen LogP contribution in [0.5, 0.6) is 5.75 Å². The quantitative estimate of drug-likeness (QED) is 0.386. The summed E-state index contributed by atoms with van der Waals surface area (Å²) in [5, 5.41) is 6.47. The number of nitrogens with two attached hydrogens (primary N) is 1. The Morgan fingerprint density at radius 2 is 1.96 bits per heavy atom. The van der Waals surface area contributed by atoms with E-state index in [9.17, 15) is 4.79 Å². The highest BCUT2D eigenvalue weighted by molar-refractivity contribution is 5.92. The van der Waals surface area contributed by atoms with Gasteiger partial charge in [0.15, 0.2) is 5.96 Å². The predicted octanol–water partition coefficient (Wildman–Crippen LogP) is 2.22. The van der Waals surface area contributed by atoms with E-state index in [1.807, 2.05) is 30.3 Å². The minimum atomic E-state index is -0.439. The molecule has 0 atom stereocenters. The van der Waals surface area contributed by atoms with Gasteiger partial charge >= 0.3 is 0 Å². The van der Waals surface area contributed by atoms with Crippen molar-refractivity contribution in [2.75, 3.05) is 13.7 Å². The van der Waals surface area contributed by atoms with Crippen molar-refractivity contribution < 1.29 is 9.53 Å². The molecule has 0 heterocycles. The van der Waals surface area contributed by atoms with E-state index in [4.69, 9.17) is 10.5 Å². The fraction of sp³-hybridized carbons (Fsp3) is 0.200. The van der Waals surface area contributed by atoms with Crippen LogP contribution in [0.1, 0.15) is 21.5 Å². The van der Waals surface area contributed by atoms with Gasteiger partial charge < -0.3 is 21.1 Å². The second-order valence-electron chi connectivity index (χ2n) is 5.55. The topological polar surface area (TPSA) is 88.7 Å². The van der Waals surface area contributed by atoms with Gasteiger partial charge in [0, 0.05) is 31.3 Å². The van der Waals surface area contributed by atoms with Crippen molar-refractivity contribution in [3.63, 3.8) is 0 Å². The van der Waals surface area contributed by atoms with Crippen LogP contribution in [0.4, 0.5) is 0 Å². The normalized spacial score (nSPS) is 10.9. The molecule has 0 bridgehead atoms. The van der Waals surface area contributed by atoms with E-state index >= 15 is 0 Å². The van der Waals surface area contributed by atoms with Crippen LogP contribution >= 0.6 is 0 Å². The monoisotopic (exact) mass is 352 g/mol. The summed E-state index contributed by atoms with van der Waals surface area (Å²) in [4.78, 5) is 15.5. The summed E-state index contributed by atoms with van der Waals surface area (Å²) < 4.78 is 5.66. The predicted molar refractivity (Wildman–Crippen MR) is 104 cm³/mol. The molecule has 0 spiro atoms. The third-order valence-electron chi connectivity index (χ3n) is 3.67. The summed E-state index contributed by atoms with van der Waals surface area (Å²) in [7, 11) is 1.70. The van der Waals surface area contributed by atoms with Crippen LogP contribution in [-0.4, -0.2) is 25.5 Å². The lowest BCUT2D eigenvalue weighted by molar-refractivity contribution is 0.1000. The van der Waals surface area contributed by atoms with Gasteiger partial charge in [-0.3, -0.25) is 9.79 Å². The van der Waals surface area contributed by atoms with Crippen LogP contribution in [0.25, 0.3) is 0 Å².